The smallest absolute Gasteiger partial charge is 0.338 e. The predicted molar refractivity (Wildman–Crippen MR) is 101 cm³/mol. The summed E-state index contributed by atoms with van der Waals surface area (Å²) in [6, 6.07) is 0. The molecule has 0 aromatic rings. The monoisotopic (exact) mass is 351 g/mol. The van der Waals surface area contributed by atoms with Gasteiger partial charge in [-0.2, -0.15) is 0 Å². The van der Waals surface area contributed by atoms with Crippen LogP contribution in [-0.4, -0.2) is 31.8 Å². The molecule has 25 heavy (non-hydrogen) atoms. The van der Waals surface area contributed by atoms with E-state index in [4.69, 9.17) is 9.47 Å². The number of hydrogen-bond donors (Lipinski definition) is 1. The highest BCUT2D eigenvalue weighted by Crippen LogP contribution is 2.42. The van der Waals surface area contributed by atoms with E-state index in [-0.39, 0.29) is 18.2 Å². The fourth-order valence-corrected chi connectivity index (χ4v) is 3.59. The fraction of sp³-hybridized carbons (Fsp3) is 0.857. The number of carbonyl (C=O) groups excluding carboxylic acids is 1. The third-order valence-corrected chi connectivity index (χ3v) is 5.40. The number of carbonyl (C=O) groups is 1. The predicted octanol–water partition coefficient (Wildman–Crippen LogP) is 4.59. The van der Waals surface area contributed by atoms with Crippen molar-refractivity contribution in [3.05, 3.63) is 11.3 Å². The van der Waals surface area contributed by atoms with Gasteiger partial charge in [0, 0.05) is 18.7 Å². The molecule has 0 amide bonds. The Morgan fingerprint density at radius 2 is 1.88 bits per heavy atom. The average Bonchev–Trinajstić information content (AvgIpc) is 3.44. The third-order valence-electron chi connectivity index (χ3n) is 5.40. The highest BCUT2D eigenvalue weighted by Gasteiger charge is 2.43. The Hall–Kier alpha value is -1.03. The van der Waals surface area contributed by atoms with E-state index in [0.29, 0.717) is 11.8 Å². The van der Waals surface area contributed by atoms with E-state index in [1.165, 1.54) is 39.2 Å². The summed E-state index contributed by atoms with van der Waals surface area (Å²) in [5.41, 5.74) is 1.83. The fourth-order valence-electron chi connectivity index (χ4n) is 3.59. The van der Waals surface area contributed by atoms with E-state index in [9.17, 15) is 4.79 Å². The standard InChI is InChI=1S/C21H37NO3/c1-5-6-7-8-9-10-13-22-17-14-18(15(2)3)25-20(16-11-12-16)19(17)21(23)24-4/h15-16,18,20,22H,5-14H2,1-4H3/t18-,20-/m0/s1. The topological polar surface area (TPSA) is 47.6 Å². The first-order valence-corrected chi connectivity index (χ1v) is 10.3. The van der Waals surface area contributed by atoms with Crippen molar-refractivity contribution in [2.45, 2.75) is 90.8 Å². The molecule has 1 N–H and O–H groups in total. The number of nitrogens with one attached hydrogen (secondary N) is 1. The van der Waals surface area contributed by atoms with Gasteiger partial charge in [-0.1, -0.05) is 52.9 Å². The number of esters is 1. The zero-order valence-corrected chi connectivity index (χ0v) is 16.6. The second-order valence-electron chi connectivity index (χ2n) is 7.96. The lowest BCUT2D eigenvalue weighted by atomic mass is 9.91. The van der Waals surface area contributed by atoms with E-state index >= 15 is 0 Å². The molecule has 2 aliphatic rings. The van der Waals surface area contributed by atoms with Crippen molar-refractivity contribution in [2.75, 3.05) is 13.7 Å². The highest BCUT2D eigenvalue weighted by atomic mass is 16.5. The van der Waals surface area contributed by atoms with E-state index in [0.717, 1.165) is 43.5 Å². The number of rotatable bonds is 11. The van der Waals surface area contributed by atoms with Crippen LogP contribution in [0.4, 0.5) is 0 Å². The summed E-state index contributed by atoms with van der Waals surface area (Å²) in [5.74, 6) is 0.720. The van der Waals surface area contributed by atoms with E-state index in [1.807, 2.05) is 0 Å². The summed E-state index contributed by atoms with van der Waals surface area (Å²) < 4.78 is 11.4. The van der Waals surface area contributed by atoms with Gasteiger partial charge in [0.1, 0.15) is 0 Å². The maximum absolute atomic E-state index is 12.4. The molecule has 1 heterocycles. The second kappa shape index (κ2) is 10.2. The lowest BCUT2D eigenvalue weighted by Crippen LogP contribution is -2.41. The summed E-state index contributed by atoms with van der Waals surface area (Å²) in [7, 11) is 1.47. The van der Waals surface area contributed by atoms with Crippen molar-refractivity contribution in [3.8, 4) is 0 Å². The molecule has 0 spiro atoms. The highest BCUT2D eigenvalue weighted by molar-refractivity contribution is 5.90. The first kappa shape index (κ1) is 20.3. The molecule has 4 heteroatoms. The van der Waals surface area contributed by atoms with Crippen LogP contribution in [0.3, 0.4) is 0 Å². The van der Waals surface area contributed by atoms with Crippen LogP contribution >= 0.6 is 0 Å². The molecule has 1 aliphatic carbocycles. The van der Waals surface area contributed by atoms with Crippen molar-refractivity contribution in [2.24, 2.45) is 11.8 Å². The Bertz CT molecular complexity index is 454. The van der Waals surface area contributed by atoms with Crippen LogP contribution in [0.2, 0.25) is 0 Å². The minimum atomic E-state index is -0.218. The Balaban J connectivity index is 1.98. The molecular weight excluding hydrogens is 314 g/mol. The maximum Gasteiger partial charge on any atom is 0.338 e. The van der Waals surface area contributed by atoms with Gasteiger partial charge in [0.15, 0.2) is 0 Å². The molecule has 1 saturated carbocycles. The molecule has 0 bridgehead atoms. The van der Waals surface area contributed by atoms with Gasteiger partial charge < -0.3 is 14.8 Å². The molecule has 0 saturated heterocycles. The van der Waals surface area contributed by atoms with Gasteiger partial charge in [-0.15, -0.1) is 0 Å². The SMILES string of the molecule is CCCCCCCCNC1=C(C(=O)OC)[C@H](C2CC2)O[C@H](C(C)C)C1. The van der Waals surface area contributed by atoms with E-state index in [2.05, 4.69) is 26.1 Å². The minimum absolute atomic E-state index is 0.0827. The second-order valence-corrected chi connectivity index (χ2v) is 7.96. The normalized spacial score (nSPS) is 23.9. The number of methoxy groups -OCH3 is 1. The average molecular weight is 352 g/mol. The van der Waals surface area contributed by atoms with Crippen molar-refractivity contribution < 1.29 is 14.3 Å². The van der Waals surface area contributed by atoms with Crippen molar-refractivity contribution in [1.82, 2.24) is 5.32 Å². The van der Waals surface area contributed by atoms with Crippen molar-refractivity contribution in [3.63, 3.8) is 0 Å². The minimum Gasteiger partial charge on any atom is -0.466 e. The lowest BCUT2D eigenvalue weighted by molar-refractivity contribution is -0.140. The molecular formula is C21H37NO3. The zero-order valence-electron chi connectivity index (χ0n) is 16.6. The van der Waals surface area contributed by atoms with E-state index < -0.39 is 0 Å². The molecule has 144 valence electrons. The van der Waals surface area contributed by atoms with Crippen LogP contribution in [0.25, 0.3) is 0 Å². The molecule has 0 aromatic heterocycles. The van der Waals surface area contributed by atoms with Crippen LogP contribution in [0.1, 0.15) is 78.6 Å². The third kappa shape index (κ3) is 6.02. The molecule has 4 nitrogen and oxygen atoms in total. The van der Waals surface area contributed by atoms with Crippen LogP contribution in [0.5, 0.6) is 0 Å². The van der Waals surface area contributed by atoms with Crippen LogP contribution in [0, 0.1) is 11.8 Å². The van der Waals surface area contributed by atoms with Crippen LogP contribution < -0.4 is 5.32 Å². The zero-order chi connectivity index (χ0) is 18.2. The number of ether oxygens (including phenoxy) is 2. The number of hydrogen-bond acceptors (Lipinski definition) is 4. The maximum atomic E-state index is 12.4. The Morgan fingerprint density at radius 1 is 1.20 bits per heavy atom. The summed E-state index contributed by atoms with van der Waals surface area (Å²) in [5, 5.41) is 3.57. The first-order chi connectivity index (χ1) is 12.1. The Kier molecular flexibility index (Phi) is 8.28. The van der Waals surface area contributed by atoms with Gasteiger partial charge in [0.05, 0.1) is 24.9 Å². The van der Waals surface area contributed by atoms with Gasteiger partial charge in [-0.25, -0.2) is 4.79 Å². The van der Waals surface area contributed by atoms with E-state index in [1.54, 1.807) is 0 Å². The van der Waals surface area contributed by atoms with Crippen molar-refractivity contribution in [1.29, 1.82) is 0 Å². The molecule has 1 aliphatic heterocycles. The van der Waals surface area contributed by atoms with Gasteiger partial charge in [0.2, 0.25) is 0 Å². The van der Waals surface area contributed by atoms with Gasteiger partial charge >= 0.3 is 5.97 Å². The molecule has 0 aromatic carbocycles. The molecule has 0 unspecified atom stereocenters. The van der Waals surface area contributed by atoms with Gasteiger partial charge in [-0.3, -0.25) is 0 Å². The lowest BCUT2D eigenvalue weighted by Gasteiger charge is -2.35. The summed E-state index contributed by atoms with van der Waals surface area (Å²) >= 11 is 0. The summed E-state index contributed by atoms with van der Waals surface area (Å²) in [6.07, 6.45) is 10.9. The summed E-state index contributed by atoms with van der Waals surface area (Å²) in [6.45, 7) is 7.57. The first-order valence-electron chi connectivity index (χ1n) is 10.3. The Morgan fingerprint density at radius 3 is 2.48 bits per heavy atom. The molecule has 0 radical (unpaired) electrons. The quantitative estimate of drug-likeness (QED) is 0.437. The van der Waals surface area contributed by atoms with Gasteiger partial charge in [-0.05, 0) is 31.1 Å². The number of unbranched alkanes of at least 4 members (excludes halogenated alkanes) is 5. The molecule has 2 atom stereocenters. The molecule has 1 fully saturated rings. The molecule has 2 rings (SSSR count). The largest absolute Gasteiger partial charge is 0.466 e. The van der Waals surface area contributed by atoms with Gasteiger partial charge in [0.25, 0.3) is 0 Å². The Labute approximate surface area is 153 Å². The van der Waals surface area contributed by atoms with Crippen molar-refractivity contribution >= 4 is 5.97 Å². The van der Waals surface area contributed by atoms with Crippen LogP contribution in [0.15, 0.2) is 11.3 Å². The summed E-state index contributed by atoms with van der Waals surface area (Å²) in [4.78, 5) is 12.4. The van der Waals surface area contributed by atoms with Crippen LogP contribution in [-0.2, 0) is 14.3 Å².